The van der Waals surface area contributed by atoms with Crippen molar-refractivity contribution in [2.45, 2.75) is 18.9 Å². The normalized spacial score (nSPS) is 25.2. The zero-order valence-corrected chi connectivity index (χ0v) is 11.8. The molecule has 2 saturated heterocycles. The molecule has 1 aromatic carbocycles. The first kappa shape index (κ1) is 13.9. The van der Waals surface area contributed by atoms with Crippen LogP contribution in [-0.2, 0) is 9.59 Å². The van der Waals surface area contributed by atoms with E-state index in [0.717, 1.165) is 25.1 Å². The lowest BCUT2D eigenvalue weighted by Gasteiger charge is -2.35. The maximum absolute atomic E-state index is 12.1. The third-order valence-electron chi connectivity index (χ3n) is 4.26. The Hall–Kier alpha value is -2.08. The quantitative estimate of drug-likeness (QED) is 0.703. The van der Waals surface area contributed by atoms with Crippen LogP contribution in [0, 0.1) is 5.92 Å². The zero-order chi connectivity index (χ0) is 14.8. The Morgan fingerprint density at radius 1 is 1.38 bits per heavy atom. The van der Waals surface area contributed by atoms with Gasteiger partial charge in [0.25, 0.3) is 0 Å². The van der Waals surface area contributed by atoms with Gasteiger partial charge < -0.3 is 16.4 Å². The maximum atomic E-state index is 12.1. The number of hydrogen-bond acceptors (Lipinski definition) is 4. The van der Waals surface area contributed by atoms with Crippen molar-refractivity contribution in [3.8, 4) is 0 Å². The number of likely N-dealkylation sites (tertiary alicyclic amines) is 1. The Bertz CT molecular complexity index is 543. The fourth-order valence-corrected chi connectivity index (χ4v) is 3.19. The molecule has 2 amide bonds. The van der Waals surface area contributed by atoms with E-state index >= 15 is 0 Å². The molecule has 2 aliphatic heterocycles. The van der Waals surface area contributed by atoms with E-state index in [1.54, 1.807) is 24.3 Å². The Kier molecular flexibility index (Phi) is 3.79. The highest BCUT2D eigenvalue weighted by atomic mass is 16.2. The Morgan fingerprint density at radius 3 is 2.90 bits per heavy atom. The smallest absolute Gasteiger partial charge is 0.238 e. The third kappa shape index (κ3) is 3.00. The molecule has 6 nitrogen and oxygen atoms in total. The highest BCUT2D eigenvalue weighted by Gasteiger charge is 2.41. The van der Waals surface area contributed by atoms with Gasteiger partial charge in [0.1, 0.15) is 0 Å². The topological polar surface area (TPSA) is 87.5 Å². The molecule has 0 aliphatic carbocycles. The summed E-state index contributed by atoms with van der Waals surface area (Å²) in [7, 11) is 0. The van der Waals surface area contributed by atoms with Gasteiger partial charge in [-0.05, 0) is 43.7 Å². The molecule has 0 bridgehead atoms. The van der Waals surface area contributed by atoms with Crippen LogP contribution in [-0.4, -0.2) is 42.4 Å². The number of hydrogen-bond donors (Lipinski definition) is 3. The molecule has 2 aliphatic rings. The van der Waals surface area contributed by atoms with E-state index in [2.05, 4.69) is 15.5 Å². The molecule has 1 aromatic rings. The molecule has 2 heterocycles. The predicted octanol–water partition coefficient (Wildman–Crippen LogP) is 0.418. The van der Waals surface area contributed by atoms with Gasteiger partial charge in [0.05, 0.1) is 12.5 Å². The zero-order valence-electron chi connectivity index (χ0n) is 11.8. The summed E-state index contributed by atoms with van der Waals surface area (Å²) in [6.07, 6.45) is 1.89. The molecule has 2 fully saturated rings. The van der Waals surface area contributed by atoms with E-state index in [4.69, 9.17) is 5.73 Å². The van der Waals surface area contributed by atoms with Crippen LogP contribution >= 0.6 is 0 Å². The van der Waals surface area contributed by atoms with Crippen molar-refractivity contribution in [3.63, 3.8) is 0 Å². The summed E-state index contributed by atoms with van der Waals surface area (Å²) < 4.78 is 0. The number of carbonyl (C=O) groups is 2. The molecule has 2 unspecified atom stereocenters. The molecule has 4 N–H and O–H groups in total. The van der Waals surface area contributed by atoms with E-state index in [-0.39, 0.29) is 23.8 Å². The number of fused-ring (bicyclic) bond motifs is 1. The van der Waals surface area contributed by atoms with Gasteiger partial charge in [0.2, 0.25) is 11.8 Å². The Morgan fingerprint density at radius 2 is 2.14 bits per heavy atom. The number of carbonyl (C=O) groups excluding carboxylic acids is 2. The van der Waals surface area contributed by atoms with E-state index in [1.165, 1.54) is 0 Å². The van der Waals surface area contributed by atoms with Crippen molar-refractivity contribution in [2.75, 3.05) is 30.7 Å². The van der Waals surface area contributed by atoms with Crippen molar-refractivity contribution in [2.24, 2.45) is 5.92 Å². The molecule has 0 spiro atoms. The first-order valence-corrected chi connectivity index (χ1v) is 7.30. The molecule has 6 heteroatoms. The molecule has 0 radical (unpaired) electrons. The minimum Gasteiger partial charge on any atom is -0.399 e. The van der Waals surface area contributed by atoms with Gasteiger partial charge in [0, 0.05) is 24.0 Å². The monoisotopic (exact) mass is 288 g/mol. The van der Waals surface area contributed by atoms with Gasteiger partial charge >= 0.3 is 0 Å². The van der Waals surface area contributed by atoms with Gasteiger partial charge in [-0.2, -0.15) is 0 Å². The standard InChI is InChI=1S/C15H20N4O2/c16-10-3-5-11(6-4-10)18-14(20)9-19-7-1-2-12-13(19)8-17-15(12)21/h3-6,12-13H,1-2,7-9,16H2,(H,17,21)(H,18,20). The SMILES string of the molecule is Nc1ccc(NC(=O)CN2CCCC3C(=O)NCC32)cc1. The molecular formula is C15H20N4O2. The molecule has 0 saturated carbocycles. The number of amides is 2. The van der Waals surface area contributed by atoms with Crippen LogP contribution in [0.5, 0.6) is 0 Å². The van der Waals surface area contributed by atoms with E-state index in [1.807, 2.05) is 0 Å². The third-order valence-corrected chi connectivity index (χ3v) is 4.26. The van der Waals surface area contributed by atoms with Gasteiger partial charge in [-0.15, -0.1) is 0 Å². The summed E-state index contributed by atoms with van der Waals surface area (Å²) in [5.41, 5.74) is 7.03. The van der Waals surface area contributed by atoms with Crippen LogP contribution in [0.25, 0.3) is 0 Å². The summed E-state index contributed by atoms with van der Waals surface area (Å²) in [6, 6.07) is 7.24. The van der Waals surface area contributed by atoms with Crippen molar-refractivity contribution < 1.29 is 9.59 Å². The first-order chi connectivity index (χ1) is 10.1. The van der Waals surface area contributed by atoms with Crippen LogP contribution in [0.1, 0.15) is 12.8 Å². The second-order valence-electron chi connectivity index (χ2n) is 5.70. The summed E-state index contributed by atoms with van der Waals surface area (Å²) in [5, 5.41) is 5.76. The number of nitrogens with zero attached hydrogens (tertiary/aromatic N) is 1. The number of benzene rings is 1. The average Bonchev–Trinajstić information content (AvgIpc) is 2.84. The van der Waals surface area contributed by atoms with E-state index in [0.29, 0.717) is 18.8 Å². The predicted molar refractivity (Wildman–Crippen MR) is 80.6 cm³/mol. The molecule has 112 valence electrons. The number of nitrogens with two attached hydrogens (primary N) is 1. The van der Waals surface area contributed by atoms with E-state index < -0.39 is 0 Å². The molecule has 21 heavy (non-hydrogen) atoms. The van der Waals surface area contributed by atoms with Crippen molar-refractivity contribution in [3.05, 3.63) is 24.3 Å². The molecule has 0 aromatic heterocycles. The lowest BCUT2D eigenvalue weighted by molar-refractivity contribution is -0.125. The fraction of sp³-hybridized carbons (Fsp3) is 0.467. The number of anilines is 2. The largest absolute Gasteiger partial charge is 0.399 e. The summed E-state index contributed by atoms with van der Waals surface area (Å²) in [4.78, 5) is 26.0. The number of nitrogen functional groups attached to an aromatic ring is 1. The molecule has 2 atom stereocenters. The number of rotatable bonds is 3. The minimum atomic E-state index is -0.0558. The highest BCUT2D eigenvalue weighted by molar-refractivity contribution is 5.92. The maximum Gasteiger partial charge on any atom is 0.238 e. The lowest BCUT2D eigenvalue weighted by Crippen LogP contribution is -2.48. The van der Waals surface area contributed by atoms with Crippen LogP contribution in [0.3, 0.4) is 0 Å². The second-order valence-corrected chi connectivity index (χ2v) is 5.70. The second kappa shape index (κ2) is 5.73. The highest BCUT2D eigenvalue weighted by Crippen LogP contribution is 2.27. The Balaban J connectivity index is 1.59. The Labute approximate surface area is 123 Å². The van der Waals surface area contributed by atoms with Crippen LogP contribution in [0.15, 0.2) is 24.3 Å². The van der Waals surface area contributed by atoms with Crippen LogP contribution < -0.4 is 16.4 Å². The van der Waals surface area contributed by atoms with Crippen molar-refractivity contribution >= 4 is 23.2 Å². The molecule has 3 rings (SSSR count). The van der Waals surface area contributed by atoms with Crippen LogP contribution in [0.2, 0.25) is 0 Å². The van der Waals surface area contributed by atoms with Crippen molar-refractivity contribution in [1.82, 2.24) is 10.2 Å². The van der Waals surface area contributed by atoms with E-state index in [9.17, 15) is 9.59 Å². The van der Waals surface area contributed by atoms with Gasteiger partial charge in [-0.25, -0.2) is 0 Å². The van der Waals surface area contributed by atoms with Crippen LogP contribution in [0.4, 0.5) is 11.4 Å². The van der Waals surface area contributed by atoms with Gasteiger partial charge in [0.15, 0.2) is 0 Å². The minimum absolute atomic E-state index is 0.0445. The lowest BCUT2D eigenvalue weighted by atomic mass is 9.91. The van der Waals surface area contributed by atoms with Gasteiger partial charge in [-0.3, -0.25) is 14.5 Å². The van der Waals surface area contributed by atoms with Gasteiger partial charge in [-0.1, -0.05) is 0 Å². The number of nitrogens with one attached hydrogen (secondary N) is 2. The first-order valence-electron chi connectivity index (χ1n) is 7.30. The fourth-order valence-electron chi connectivity index (χ4n) is 3.19. The number of piperidine rings is 1. The van der Waals surface area contributed by atoms with Crippen molar-refractivity contribution in [1.29, 1.82) is 0 Å². The summed E-state index contributed by atoms with van der Waals surface area (Å²) >= 11 is 0. The molecular weight excluding hydrogens is 268 g/mol. The summed E-state index contributed by atoms with van der Waals surface area (Å²) in [5.74, 6) is 0.117. The summed E-state index contributed by atoms with van der Waals surface area (Å²) in [6.45, 7) is 1.84. The average molecular weight is 288 g/mol.